The van der Waals surface area contributed by atoms with Crippen LogP contribution >= 0.6 is 22.9 Å². The van der Waals surface area contributed by atoms with Gasteiger partial charge in [-0.15, -0.1) is 11.3 Å². The van der Waals surface area contributed by atoms with Crippen molar-refractivity contribution in [2.24, 2.45) is 0 Å². The largest absolute Gasteiger partial charge is 0.315 e. The number of carbonyl (C=O) groups is 1. The molecule has 21 heavy (non-hydrogen) atoms. The number of hydrogen-bond donors (Lipinski definition) is 2. The Kier molecular flexibility index (Phi) is 5.34. The van der Waals surface area contributed by atoms with Gasteiger partial charge in [0.1, 0.15) is 11.1 Å². The predicted molar refractivity (Wildman–Crippen MR) is 85.5 cm³/mol. The maximum atomic E-state index is 11.9. The second-order valence-corrected chi connectivity index (χ2v) is 5.77. The average molecular weight is 320 g/mol. The number of nitrogens with zero attached hydrogens (tertiary/aromatic N) is 1. The van der Waals surface area contributed by atoms with Crippen LogP contribution in [0.25, 0.3) is 0 Å². The maximum absolute atomic E-state index is 11.9. The topological polar surface area (TPSA) is 64.9 Å². The van der Waals surface area contributed by atoms with Crippen molar-refractivity contribution < 1.29 is 4.79 Å². The third kappa shape index (κ3) is 4.05. The van der Waals surface area contributed by atoms with Crippen LogP contribution in [-0.4, -0.2) is 12.5 Å². The Morgan fingerprint density at radius 1 is 1.43 bits per heavy atom. The van der Waals surface area contributed by atoms with Crippen molar-refractivity contribution in [3.05, 3.63) is 51.9 Å². The van der Waals surface area contributed by atoms with E-state index in [1.165, 1.54) is 11.3 Å². The second-order valence-electron chi connectivity index (χ2n) is 4.45. The fourth-order valence-corrected chi connectivity index (χ4v) is 2.90. The minimum atomic E-state index is -0.187. The normalized spacial score (nSPS) is 11.7. The van der Waals surface area contributed by atoms with E-state index in [-0.39, 0.29) is 18.5 Å². The van der Waals surface area contributed by atoms with Gasteiger partial charge in [0.15, 0.2) is 0 Å². The molecule has 2 aromatic rings. The highest BCUT2D eigenvalue weighted by atomic mass is 35.5. The molecular formula is C15H14ClN3OS. The summed E-state index contributed by atoms with van der Waals surface area (Å²) in [6.07, 6.45) is 0. The molecule has 108 valence electrons. The summed E-state index contributed by atoms with van der Waals surface area (Å²) in [5.41, 5.74) is 1.42. The Bertz CT molecular complexity index is 678. The Hall–Kier alpha value is -1.87. The molecule has 0 aliphatic rings. The smallest absolute Gasteiger partial charge is 0.238 e. The molecule has 1 atom stereocenters. The number of rotatable bonds is 5. The number of amides is 1. The number of benzene rings is 1. The molecular weight excluding hydrogens is 306 g/mol. The Morgan fingerprint density at radius 3 is 2.90 bits per heavy atom. The highest BCUT2D eigenvalue weighted by Gasteiger charge is 2.12. The van der Waals surface area contributed by atoms with Crippen molar-refractivity contribution >= 4 is 33.8 Å². The van der Waals surface area contributed by atoms with Crippen LogP contribution in [-0.2, 0) is 4.79 Å². The van der Waals surface area contributed by atoms with Crippen LogP contribution in [0, 0.1) is 11.3 Å². The van der Waals surface area contributed by atoms with Crippen LogP contribution in [0.3, 0.4) is 0 Å². The van der Waals surface area contributed by atoms with Crippen LogP contribution in [0.5, 0.6) is 0 Å². The van der Waals surface area contributed by atoms with Gasteiger partial charge in [-0.1, -0.05) is 29.8 Å². The molecule has 1 aromatic heterocycles. The summed E-state index contributed by atoms with van der Waals surface area (Å²) in [7, 11) is 0. The van der Waals surface area contributed by atoms with Crippen LogP contribution in [0.1, 0.15) is 24.1 Å². The highest BCUT2D eigenvalue weighted by Crippen LogP contribution is 2.23. The molecule has 1 unspecified atom stereocenters. The van der Waals surface area contributed by atoms with Gasteiger partial charge in [-0.05, 0) is 30.0 Å². The quantitative estimate of drug-likeness (QED) is 0.885. The van der Waals surface area contributed by atoms with E-state index in [0.29, 0.717) is 15.6 Å². The lowest BCUT2D eigenvalue weighted by Gasteiger charge is -2.15. The maximum Gasteiger partial charge on any atom is 0.238 e. The van der Waals surface area contributed by atoms with Crippen molar-refractivity contribution in [2.75, 3.05) is 11.9 Å². The van der Waals surface area contributed by atoms with Crippen LogP contribution in [0.2, 0.25) is 5.02 Å². The van der Waals surface area contributed by atoms with Gasteiger partial charge in [0, 0.05) is 11.1 Å². The van der Waals surface area contributed by atoms with E-state index in [1.54, 1.807) is 11.4 Å². The summed E-state index contributed by atoms with van der Waals surface area (Å²) >= 11 is 7.45. The highest BCUT2D eigenvalue weighted by molar-refractivity contribution is 7.14. The molecule has 4 nitrogen and oxygen atoms in total. The summed E-state index contributed by atoms with van der Waals surface area (Å²) in [6.45, 7) is 2.09. The first-order valence-corrected chi connectivity index (χ1v) is 7.63. The van der Waals surface area contributed by atoms with Crippen molar-refractivity contribution in [1.82, 2.24) is 5.32 Å². The van der Waals surface area contributed by atoms with Crippen LogP contribution < -0.4 is 10.6 Å². The SMILES string of the molecule is CC(NCC(=O)Nc1sccc1C#N)c1ccccc1Cl. The lowest BCUT2D eigenvalue weighted by atomic mass is 10.1. The lowest BCUT2D eigenvalue weighted by molar-refractivity contribution is -0.115. The summed E-state index contributed by atoms with van der Waals surface area (Å²) in [6, 6.07) is 11.2. The summed E-state index contributed by atoms with van der Waals surface area (Å²) in [5, 5.41) is 17.8. The number of carbonyl (C=O) groups excluding carboxylic acids is 1. The molecule has 0 spiro atoms. The summed E-state index contributed by atoms with van der Waals surface area (Å²) < 4.78 is 0. The van der Waals surface area contributed by atoms with E-state index in [4.69, 9.17) is 16.9 Å². The van der Waals surface area contributed by atoms with E-state index in [9.17, 15) is 4.79 Å². The molecule has 0 aliphatic heterocycles. The standard InChI is InChI=1S/C15H14ClN3OS/c1-10(12-4-2-3-5-13(12)16)18-9-14(20)19-15-11(8-17)6-7-21-15/h2-7,10,18H,9H2,1H3,(H,19,20). The first kappa shape index (κ1) is 15.5. The monoisotopic (exact) mass is 319 g/mol. The number of thiophene rings is 1. The first-order valence-electron chi connectivity index (χ1n) is 6.37. The zero-order chi connectivity index (χ0) is 15.2. The van der Waals surface area contributed by atoms with E-state index in [1.807, 2.05) is 37.3 Å². The second kappa shape index (κ2) is 7.23. The van der Waals surface area contributed by atoms with Gasteiger partial charge in [-0.2, -0.15) is 5.26 Å². The van der Waals surface area contributed by atoms with Crippen LogP contribution in [0.4, 0.5) is 5.00 Å². The summed E-state index contributed by atoms with van der Waals surface area (Å²) in [5.74, 6) is -0.187. The third-order valence-electron chi connectivity index (χ3n) is 2.98. The molecule has 0 radical (unpaired) electrons. The average Bonchev–Trinajstić information content (AvgIpc) is 2.92. The van der Waals surface area contributed by atoms with Crippen molar-refractivity contribution in [2.45, 2.75) is 13.0 Å². The van der Waals surface area contributed by atoms with Gasteiger partial charge in [-0.3, -0.25) is 4.79 Å². The minimum Gasteiger partial charge on any atom is -0.315 e. The van der Waals surface area contributed by atoms with Crippen molar-refractivity contribution in [1.29, 1.82) is 5.26 Å². The molecule has 0 fully saturated rings. The van der Waals surface area contributed by atoms with Gasteiger partial charge < -0.3 is 10.6 Å². The van der Waals surface area contributed by atoms with Gasteiger partial charge in [0.25, 0.3) is 0 Å². The van der Waals surface area contributed by atoms with E-state index in [0.717, 1.165) is 5.56 Å². The number of hydrogen-bond acceptors (Lipinski definition) is 4. The number of anilines is 1. The first-order chi connectivity index (χ1) is 10.1. The van der Waals surface area contributed by atoms with Crippen molar-refractivity contribution in [3.63, 3.8) is 0 Å². The Morgan fingerprint density at radius 2 is 2.19 bits per heavy atom. The molecule has 6 heteroatoms. The molecule has 2 N–H and O–H groups in total. The molecule has 0 bridgehead atoms. The van der Waals surface area contributed by atoms with Gasteiger partial charge in [-0.25, -0.2) is 0 Å². The minimum absolute atomic E-state index is 0.0387. The molecule has 2 rings (SSSR count). The van der Waals surface area contributed by atoms with E-state index >= 15 is 0 Å². The predicted octanol–water partition coefficient (Wildman–Crippen LogP) is 3.56. The van der Waals surface area contributed by atoms with Gasteiger partial charge in [0.05, 0.1) is 12.1 Å². The van der Waals surface area contributed by atoms with Gasteiger partial charge >= 0.3 is 0 Å². The summed E-state index contributed by atoms with van der Waals surface area (Å²) in [4.78, 5) is 11.9. The van der Waals surface area contributed by atoms with E-state index < -0.39 is 0 Å². The fraction of sp³-hybridized carbons (Fsp3) is 0.200. The Labute approximate surface area is 132 Å². The molecule has 1 aromatic carbocycles. The van der Waals surface area contributed by atoms with Crippen LogP contribution in [0.15, 0.2) is 35.7 Å². The van der Waals surface area contributed by atoms with Gasteiger partial charge in [0.2, 0.25) is 5.91 Å². The number of nitriles is 1. The molecule has 0 aliphatic carbocycles. The molecule has 1 heterocycles. The molecule has 0 saturated heterocycles. The zero-order valence-electron chi connectivity index (χ0n) is 11.4. The fourth-order valence-electron chi connectivity index (χ4n) is 1.85. The van der Waals surface area contributed by atoms with E-state index in [2.05, 4.69) is 10.6 Å². The molecule has 1 amide bonds. The number of halogens is 1. The number of nitrogens with one attached hydrogen (secondary N) is 2. The molecule has 0 saturated carbocycles. The third-order valence-corrected chi connectivity index (χ3v) is 4.15. The lowest BCUT2D eigenvalue weighted by Crippen LogP contribution is -2.30. The zero-order valence-corrected chi connectivity index (χ0v) is 13.0. The Balaban J connectivity index is 1.90. The van der Waals surface area contributed by atoms with Crippen molar-refractivity contribution in [3.8, 4) is 6.07 Å².